The van der Waals surface area contributed by atoms with Crippen LogP contribution in [0.15, 0.2) is 24.8 Å². The highest BCUT2D eigenvalue weighted by atomic mass is 16.4. The lowest BCUT2D eigenvalue weighted by Gasteiger charge is -2.16. The number of unbranched alkanes of at least 4 members (excludes halogenated alkanes) is 2. The van der Waals surface area contributed by atoms with Crippen LogP contribution in [0.3, 0.4) is 0 Å². The Kier molecular flexibility index (Phi) is 7.00. The molecule has 1 aromatic carbocycles. The van der Waals surface area contributed by atoms with Crippen LogP contribution in [0.1, 0.15) is 62.1 Å². The molecule has 3 heteroatoms. The molecule has 0 amide bonds. The molecule has 0 aromatic heterocycles. The van der Waals surface area contributed by atoms with E-state index in [4.69, 9.17) is 0 Å². The molecule has 0 saturated heterocycles. The summed E-state index contributed by atoms with van der Waals surface area (Å²) in [6, 6.07) is 3.84. The maximum Gasteiger partial charge on any atom is 0.314 e. The van der Waals surface area contributed by atoms with E-state index in [-0.39, 0.29) is 5.75 Å². The molecule has 2 N–H and O–H groups in total. The molecule has 3 nitrogen and oxygen atoms in total. The summed E-state index contributed by atoms with van der Waals surface area (Å²) in [5.74, 6) is -1.71. The van der Waals surface area contributed by atoms with Gasteiger partial charge in [0.1, 0.15) is 11.7 Å². The van der Waals surface area contributed by atoms with Gasteiger partial charge in [-0.15, -0.1) is 6.58 Å². The van der Waals surface area contributed by atoms with Gasteiger partial charge < -0.3 is 10.2 Å². The Hall–Kier alpha value is -1.77. The van der Waals surface area contributed by atoms with Crippen molar-refractivity contribution in [3.05, 3.63) is 41.5 Å². The minimum atomic E-state index is -0.977. The number of phenolic OH excluding ortho intramolecular Hbond substituents is 1. The van der Waals surface area contributed by atoms with Crippen LogP contribution in [-0.4, -0.2) is 16.2 Å². The Bertz CT molecular complexity index is 491. The van der Waals surface area contributed by atoms with Crippen LogP contribution in [-0.2, 0) is 17.6 Å². The Balaban J connectivity index is 3.25. The van der Waals surface area contributed by atoms with Crippen LogP contribution in [0.25, 0.3) is 0 Å². The van der Waals surface area contributed by atoms with E-state index in [9.17, 15) is 15.0 Å². The summed E-state index contributed by atoms with van der Waals surface area (Å²) >= 11 is 0. The number of aromatic hydroxyl groups is 1. The number of benzene rings is 1. The third kappa shape index (κ3) is 4.62. The largest absolute Gasteiger partial charge is 0.507 e. The molecular weight excluding hydrogens is 264 g/mol. The summed E-state index contributed by atoms with van der Waals surface area (Å²) in [5, 5.41) is 19.7. The molecule has 21 heavy (non-hydrogen) atoms. The first-order valence-electron chi connectivity index (χ1n) is 7.75. The third-order valence-corrected chi connectivity index (χ3v) is 3.73. The van der Waals surface area contributed by atoms with Gasteiger partial charge >= 0.3 is 5.97 Å². The quantitative estimate of drug-likeness (QED) is 0.661. The first-order valence-corrected chi connectivity index (χ1v) is 7.75. The molecule has 0 radical (unpaired) electrons. The van der Waals surface area contributed by atoms with E-state index in [2.05, 4.69) is 20.4 Å². The lowest BCUT2D eigenvalue weighted by Crippen LogP contribution is -2.10. The SMILES string of the molecule is C=CC(C(=O)O)c1cc(CCCC)cc(CCCC)c1O. The van der Waals surface area contributed by atoms with Crippen LogP contribution in [0, 0.1) is 0 Å². The first-order chi connectivity index (χ1) is 10.0. The number of carboxylic acids is 1. The fourth-order valence-electron chi connectivity index (χ4n) is 2.47. The molecule has 0 bridgehead atoms. The number of hydrogen-bond acceptors (Lipinski definition) is 2. The molecule has 1 aromatic rings. The van der Waals surface area contributed by atoms with Gasteiger partial charge in [-0.3, -0.25) is 4.79 Å². The summed E-state index contributed by atoms with van der Waals surface area (Å²) in [5.41, 5.74) is 2.43. The number of aliphatic carboxylic acids is 1. The molecule has 0 aliphatic rings. The number of aryl methyl sites for hydroxylation is 2. The van der Waals surface area contributed by atoms with Crippen molar-refractivity contribution in [1.29, 1.82) is 0 Å². The lowest BCUT2D eigenvalue weighted by molar-refractivity contribution is -0.137. The zero-order valence-corrected chi connectivity index (χ0v) is 13.1. The molecule has 1 unspecified atom stereocenters. The van der Waals surface area contributed by atoms with Gasteiger partial charge in [0.2, 0.25) is 0 Å². The normalized spacial score (nSPS) is 12.1. The Morgan fingerprint density at radius 3 is 2.38 bits per heavy atom. The molecule has 0 aliphatic carbocycles. The van der Waals surface area contributed by atoms with E-state index in [0.717, 1.165) is 49.7 Å². The fraction of sp³-hybridized carbons (Fsp3) is 0.500. The maximum absolute atomic E-state index is 11.4. The summed E-state index contributed by atoms with van der Waals surface area (Å²) in [4.78, 5) is 11.4. The smallest absolute Gasteiger partial charge is 0.314 e. The van der Waals surface area contributed by atoms with E-state index in [0.29, 0.717) is 5.56 Å². The van der Waals surface area contributed by atoms with Crippen molar-refractivity contribution in [2.45, 2.75) is 58.3 Å². The van der Waals surface area contributed by atoms with Crippen LogP contribution >= 0.6 is 0 Å². The number of phenols is 1. The molecule has 0 fully saturated rings. The molecular formula is C18H26O3. The second-order valence-corrected chi connectivity index (χ2v) is 5.45. The van der Waals surface area contributed by atoms with Crippen molar-refractivity contribution in [3.8, 4) is 5.75 Å². The van der Waals surface area contributed by atoms with Gasteiger partial charge in [0.25, 0.3) is 0 Å². The van der Waals surface area contributed by atoms with Crippen LogP contribution in [0.4, 0.5) is 0 Å². The number of carboxylic acid groups (broad SMARTS) is 1. The topological polar surface area (TPSA) is 57.5 Å². The average molecular weight is 290 g/mol. The van der Waals surface area contributed by atoms with Gasteiger partial charge in [-0.05, 0) is 36.8 Å². The van der Waals surface area contributed by atoms with Crippen molar-refractivity contribution in [2.75, 3.05) is 0 Å². The van der Waals surface area contributed by atoms with Gasteiger partial charge in [0, 0.05) is 5.56 Å². The van der Waals surface area contributed by atoms with Gasteiger partial charge in [-0.2, -0.15) is 0 Å². The predicted molar refractivity (Wildman–Crippen MR) is 85.9 cm³/mol. The van der Waals surface area contributed by atoms with E-state index in [1.54, 1.807) is 0 Å². The summed E-state index contributed by atoms with van der Waals surface area (Å²) in [7, 11) is 0. The second-order valence-electron chi connectivity index (χ2n) is 5.45. The molecule has 1 atom stereocenters. The zero-order valence-electron chi connectivity index (χ0n) is 13.1. The van der Waals surface area contributed by atoms with E-state index >= 15 is 0 Å². The highest BCUT2D eigenvalue weighted by molar-refractivity contribution is 5.79. The van der Waals surface area contributed by atoms with Crippen molar-refractivity contribution < 1.29 is 15.0 Å². The summed E-state index contributed by atoms with van der Waals surface area (Å²) in [6.07, 6.45) is 7.23. The van der Waals surface area contributed by atoms with Crippen molar-refractivity contribution in [2.24, 2.45) is 0 Å². The van der Waals surface area contributed by atoms with Crippen LogP contribution < -0.4 is 0 Å². The molecule has 0 spiro atoms. The second kappa shape index (κ2) is 8.50. The van der Waals surface area contributed by atoms with E-state index < -0.39 is 11.9 Å². The Labute approximate surface area is 127 Å². The molecule has 0 aliphatic heterocycles. The predicted octanol–water partition coefficient (Wildman–Crippen LogP) is 4.43. The maximum atomic E-state index is 11.4. The number of rotatable bonds is 9. The average Bonchev–Trinajstić information content (AvgIpc) is 2.46. The lowest BCUT2D eigenvalue weighted by atomic mass is 9.90. The third-order valence-electron chi connectivity index (χ3n) is 3.73. The summed E-state index contributed by atoms with van der Waals surface area (Å²) in [6.45, 7) is 7.82. The molecule has 0 saturated carbocycles. The van der Waals surface area contributed by atoms with Crippen LogP contribution in [0.5, 0.6) is 5.75 Å². The fourth-order valence-corrected chi connectivity index (χ4v) is 2.47. The Morgan fingerprint density at radius 1 is 1.24 bits per heavy atom. The zero-order chi connectivity index (χ0) is 15.8. The highest BCUT2D eigenvalue weighted by Gasteiger charge is 2.22. The first kappa shape index (κ1) is 17.3. The van der Waals surface area contributed by atoms with Crippen molar-refractivity contribution in [3.63, 3.8) is 0 Å². The minimum absolute atomic E-state index is 0.121. The van der Waals surface area contributed by atoms with Gasteiger partial charge in [-0.25, -0.2) is 0 Å². The van der Waals surface area contributed by atoms with Gasteiger partial charge in [0.15, 0.2) is 0 Å². The monoisotopic (exact) mass is 290 g/mol. The molecule has 1 rings (SSSR count). The van der Waals surface area contributed by atoms with E-state index in [1.165, 1.54) is 6.08 Å². The number of carbonyl (C=O) groups is 1. The summed E-state index contributed by atoms with van der Waals surface area (Å²) < 4.78 is 0. The standard InChI is InChI=1S/C18H26O3/c1-4-7-9-13-11-14(10-8-5-2)17(19)16(12-13)15(6-3)18(20)21/h6,11-12,15,19H,3-5,7-10H2,1-2H3,(H,20,21). The van der Waals surface area contributed by atoms with Crippen LogP contribution in [0.2, 0.25) is 0 Å². The van der Waals surface area contributed by atoms with Crippen molar-refractivity contribution >= 4 is 5.97 Å². The Morgan fingerprint density at radius 2 is 1.86 bits per heavy atom. The van der Waals surface area contributed by atoms with Crippen molar-refractivity contribution in [1.82, 2.24) is 0 Å². The number of hydrogen-bond donors (Lipinski definition) is 2. The highest BCUT2D eigenvalue weighted by Crippen LogP contribution is 2.33. The van der Waals surface area contributed by atoms with Gasteiger partial charge in [-0.1, -0.05) is 44.9 Å². The van der Waals surface area contributed by atoms with Gasteiger partial charge in [0.05, 0.1) is 0 Å². The molecule has 0 heterocycles. The molecule has 116 valence electrons. The van der Waals surface area contributed by atoms with E-state index in [1.807, 2.05) is 12.1 Å². The minimum Gasteiger partial charge on any atom is -0.507 e.